The molecule has 1 amide bonds. The maximum Gasteiger partial charge on any atom is 0.410 e. The van der Waals surface area contributed by atoms with E-state index in [1.54, 1.807) is 11.1 Å². The third kappa shape index (κ3) is 4.39. The van der Waals surface area contributed by atoms with E-state index in [9.17, 15) is 9.59 Å². The molecule has 1 fully saturated rings. The topological polar surface area (TPSA) is 49.9 Å². The summed E-state index contributed by atoms with van der Waals surface area (Å²) >= 11 is 0. The predicted octanol–water partition coefficient (Wildman–Crippen LogP) is 1.50. The summed E-state index contributed by atoms with van der Waals surface area (Å²) in [5.74, 6) is 0.425. The third-order valence-corrected chi connectivity index (χ3v) is 2.54. The molecule has 1 rings (SSSR count). The van der Waals surface area contributed by atoms with Gasteiger partial charge in [0.1, 0.15) is 0 Å². The number of Topliss-reactive ketones (excluding diaryl/α,β-unsaturated/α-hetero) is 1. The van der Waals surface area contributed by atoms with Crippen LogP contribution in [0.4, 0.5) is 4.79 Å². The van der Waals surface area contributed by atoms with E-state index in [0.29, 0.717) is 37.6 Å². The Bertz CT molecular complexity index is 348. The number of nitrogens with zero attached hydrogens (tertiary/aromatic N) is 2. The van der Waals surface area contributed by atoms with Crippen LogP contribution in [0.15, 0.2) is 11.8 Å². The van der Waals surface area contributed by atoms with Crippen molar-refractivity contribution >= 4 is 11.9 Å². The lowest BCUT2D eigenvalue weighted by molar-refractivity contribution is -0.117. The Balaban J connectivity index is 2.59. The molecule has 0 spiro atoms. The maximum absolute atomic E-state index is 11.8. The van der Waals surface area contributed by atoms with Gasteiger partial charge in [0, 0.05) is 38.8 Å². The molecule has 0 aromatic rings. The predicted molar refractivity (Wildman–Crippen MR) is 69.2 cm³/mol. The average Bonchev–Trinajstić information content (AvgIpc) is 2.28. The number of ketones is 1. The third-order valence-electron chi connectivity index (χ3n) is 2.54. The lowest BCUT2D eigenvalue weighted by Crippen LogP contribution is -2.41. The molecule has 0 aliphatic carbocycles. The van der Waals surface area contributed by atoms with Crippen LogP contribution in [0.3, 0.4) is 0 Å². The van der Waals surface area contributed by atoms with Crippen molar-refractivity contribution in [2.24, 2.45) is 5.92 Å². The Morgan fingerprint density at radius 1 is 1.50 bits per heavy atom. The molecule has 0 aromatic heterocycles. The first-order chi connectivity index (χ1) is 8.40. The molecular formula is C13H22N2O3. The van der Waals surface area contributed by atoms with Crippen molar-refractivity contribution in [3.63, 3.8) is 0 Å². The van der Waals surface area contributed by atoms with Crippen LogP contribution in [0, 0.1) is 5.92 Å². The Morgan fingerprint density at radius 3 is 2.72 bits per heavy atom. The number of hydrogen-bond acceptors (Lipinski definition) is 4. The van der Waals surface area contributed by atoms with Gasteiger partial charge in [-0.25, -0.2) is 4.79 Å². The van der Waals surface area contributed by atoms with Gasteiger partial charge in [-0.3, -0.25) is 4.79 Å². The van der Waals surface area contributed by atoms with Gasteiger partial charge in [-0.05, 0) is 5.92 Å². The minimum Gasteiger partial charge on any atom is -0.449 e. The monoisotopic (exact) mass is 254 g/mol. The lowest BCUT2D eigenvalue weighted by atomic mass is 10.0. The second-order valence-corrected chi connectivity index (χ2v) is 5.18. The van der Waals surface area contributed by atoms with Gasteiger partial charge in [-0.15, -0.1) is 0 Å². The molecule has 0 radical (unpaired) electrons. The number of likely N-dealkylation sites (tertiary alicyclic amines) is 1. The Kier molecular flexibility index (Phi) is 5.19. The second-order valence-electron chi connectivity index (χ2n) is 5.18. The van der Waals surface area contributed by atoms with Gasteiger partial charge in [-0.1, -0.05) is 13.8 Å². The Labute approximate surface area is 108 Å². The summed E-state index contributed by atoms with van der Waals surface area (Å²) in [5, 5.41) is 0. The molecule has 0 bridgehead atoms. The SMILES string of the molecule is CC(C)COC(=O)N1CCC(=O)/C(=C/N(C)C)C1. The molecule has 5 heteroatoms. The summed E-state index contributed by atoms with van der Waals surface area (Å²) in [6, 6.07) is 0. The average molecular weight is 254 g/mol. The first-order valence-electron chi connectivity index (χ1n) is 6.22. The van der Waals surface area contributed by atoms with Gasteiger partial charge in [0.25, 0.3) is 0 Å². The minimum absolute atomic E-state index is 0.108. The number of rotatable bonds is 3. The van der Waals surface area contributed by atoms with Crippen LogP contribution in [0.1, 0.15) is 20.3 Å². The van der Waals surface area contributed by atoms with E-state index in [4.69, 9.17) is 4.74 Å². The first-order valence-corrected chi connectivity index (χ1v) is 6.22. The smallest absolute Gasteiger partial charge is 0.410 e. The maximum atomic E-state index is 11.8. The van der Waals surface area contributed by atoms with E-state index in [0.717, 1.165) is 0 Å². The van der Waals surface area contributed by atoms with E-state index in [-0.39, 0.29) is 11.9 Å². The van der Waals surface area contributed by atoms with Crippen molar-refractivity contribution in [1.29, 1.82) is 0 Å². The molecule has 1 aliphatic heterocycles. The summed E-state index contributed by atoms with van der Waals surface area (Å²) < 4.78 is 5.17. The largest absolute Gasteiger partial charge is 0.449 e. The highest BCUT2D eigenvalue weighted by Gasteiger charge is 2.26. The summed E-state index contributed by atoms with van der Waals surface area (Å²) in [6.07, 6.45) is 1.81. The molecular weight excluding hydrogens is 232 g/mol. The fraction of sp³-hybridized carbons (Fsp3) is 0.692. The normalized spacial score (nSPS) is 18.4. The lowest BCUT2D eigenvalue weighted by Gasteiger charge is -2.28. The van der Waals surface area contributed by atoms with E-state index < -0.39 is 0 Å². The minimum atomic E-state index is -0.333. The number of piperidine rings is 1. The van der Waals surface area contributed by atoms with Crippen LogP contribution in [0.2, 0.25) is 0 Å². The van der Waals surface area contributed by atoms with Gasteiger partial charge in [-0.2, -0.15) is 0 Å². The summed E-state index contributed by atoms with van der Waals surface area (Å²) in [5.41, 5.74) is 0.660. The van der Waals surface area contributed by atoms with Crippen LogP contribution < -0.4 is 0 Å². The van der Waals surface area contributed by atoms with Crippen LogP contribution in [0.25, 0.3) is 0 Å². The van der Waals surface area contributed by atoms with Gasteiger partial charge in [0.15, 0.2) is 5.78 Å². The zero-order valence-corrected chi connectivity index (χ0v) is 11.6. The van der Waals surface area contributed by atoms with E-state index in [1.165, 1.54) is 0 Å². The molecule has 0 N–H and O–H groups in total. The second kappa shape index (κ2) is 6.42. The summed E-state index contributed by atoms with van der Waals surface area (Å²) in [7, 11) is 3.71. The molecule has 18 heavy (non-hydrogen) atoms. The standard InChI is InChI=1S/C13H22N2O3/c1-10(2)9-18-13(17)15-6-5-12(16)11(8-15)7-14(3)4/h7,10H,5-6,8-9H2,1-4H3/b11-7+. The number of hydrogen-bond donors (Lipinski definition) is 0. The van der Waals surface area contributed by atoms with Crippen molar-refractivity contribution in [2.45, 2.75) is 20.3 Å². The quantitative estimate of drug-likeness (QED) is 0.716. The highest BCUT2D eigenvalue weighted by Crippen LogP contribution is 2.14. The number of amides is 1. The van der Waals surface area contributed by atoms with Crippen LogP contribution >= 0.6 is 0 Å². The van der Waals surface area contributed by atoms with Crippen molar-refractivity contribution in [1.82, 2.24) is 9.80 Å². The highest BCUT2D eigenvalue weighted by atomic mass is 16.6. The van der Waals surface area contributed by atoms with Gasteiger partial charge in [0.05, 0.1) is 13.2 Å². The van der Waals surface area contributed by atoms with Crippen molar-refractivity contribution in [2.75, 3.05) is 33.8 Å². The molecule has 0 saturated carbocycles. The molecule has 1 heterocycles. The molecule has 1 saturated heterocycles. The molecule has 0 atom stereocenters. The summed E-state index contributed by atoms with van der Waals surface area (Å²) in [4.78, 5) is 26.9. The molecule has 0 unspecified atom stereocenters. The van der Waals surface area contributed by atoms with E-state index >= 15 is 0 Å². The fourth-order valence-corrected chi connectivity index (χ4v) is 1.68. The number of ether oxygens (including phenoxy) is 1. The number of carbonyl (C=O) groups is 2. The molecule has 5 nitrogen and oxygen atoms in total. The van der Waals surface area contributed by atoms with Crippen LogP contribution in [0.5, 0.6) is 0 Å². The fourth-order valence-electron chi connectivity index (χ4n) is 1.68. The zero-order valence-electron chi connectivity index (χ0n) is 11.6. The van der Waals surface area contributed by atoms with Gasteiger partial charge in [0.2, 0.25) is 0 Å². The first kappa shape index (κ1) is 14.5. The summed E-state index contributed by atoms with van der Waals surface area (Å²) in [6.45, 7) is 5.18. The Hall–Kier alpha value is -1.52. The van der Waals surface area contributed by atoms with Crippen molar-refractivity contribution < 1.29 is 14.3 Å². The van der Waals surface area contributed by atoms with Crippen molar-refractivity contribution in [3.05, 3.63) is 11.8 Å². The highest BCUT2D eigenvalue weighted by molar-refractivity contribution is 5.97. The van der Waals surface area contributed by atoms with Gasteiger partial charge >= 0.3 is 6.09 Å². The molecule has 0 aromatic carbocycles. The van der Waals surface area contributed by atoms with E-state index in [1.807, 2.05) is 32.8 Å². The van der Waals surface area contributed by atoms with Gasteiger partial charge < -0.3 is 14.5 Å². The molecule has 102 valence electrons. The number of carbonyl (C=O) groups excluding carboxylic acids is 2. The van der Waals surface area contributed by atoms with Crippen LogP contribution in [-0.2, 0) is 9.53 Å². The van der Waals surface area contributed by atoms with Crippen molar-refractivity contribution in [3.8, 4) is 0 Å². The Morgan fingerprint density at radius 2 is 2.17 bits per heavy atom. The zero-order chi connectivity index (χ0) is 13.7. The molecule has 1 aliphatic rings. The van der Waals surface area contributed by atoms with E-state index in [2.05, 4.69) is 0 Å². The van der Waals surface area contributed by atoms with Crippen LogP contribution in [-0.4, -0.2) is 55.5 Å².